The first-order valence-corrected chi connectivity index (χ1v) is 6.67. The third-order valence-electron chi connectivity index (χ3n) is 2.38. The summed E-state index contributed by atoms with van der Waals surface area (Å²) >= 11 is 1.48. The van der Waals surface area contributed by atoms with Crippen LogP contribution in [-0.4, -0.2) is 15.1 Å². The minimum atomic E-state index is 0.628. The van der Waals surface area contributed by atoms with Crippen molar-refractivity contribution in [3.05, 3.63) is 22.8 Å². The molecule has 0 fully saturated rings. The van der Waals surface area contributed by atoms with Gasteiger partial charge in [-0.05, 0) is 19.3 Å². The van der Waals surface area contributed by atoms with E-state index in [9.17, 15) is 0 Å². The first kappa shape index (κ1) is 12.0. The molecular weight excluding hydrogens is 236 g/mol. The normalized spacial score (nSPS) is 10.9. The maximum Gasteiger partial charge on any atom is 0.226 e. The zero-order chi connectivity index (χ0) is 12.1. The van der Waals surface area contributed by atoms with E-state index in [1.807, 2.05) is 5.38 Å². The fraction of sp³-hybridized carbons (Fsp3) is 0.545. The molecule has 2 N–H and O–H groups in total. The smallest absolute Gasteiger partial charge is 0.226 e. The summed E-state index contributed by atoms with van der Waals surface area (Å²) in [6.07, 6.45) is 4.58. The lowest BCUT2D eigenvalue weighted by atomic mass is 10.2. The van der Waals surface area contributed by atoms with Crippen LogP contribution in [0.25, 0.3) is 0 Å². The Morgan fingerprint density at radius 2 is 2.18 bits per heavy atom. The van der Waals surface area contributed by atoms with E-state index in [0.29, 0.717) is 5.13 Å². The second-order valence-electron chi connectivity index (χ2n) is 3.88. The van der Waals surface area contributed by atoms with E-state index in [2.05, 4.69) is 22.0 Å². The maximum atomic E-state index is 5.56. The Balaban J connectivity index is 1.77. The van der Waals surface area contributed by atoms with Crippen molar-refractivity contribution in [2.45, 2.75) is 39.0 Å². The first-order chi connectivity index (χ1) is 8.28. The van der Waals surface area contributed by atoms with Gasteiger partial charge in [-0.3, -0.25) is 0 Å². The maximum absolute atomic E-state index is 5.56. The highest BCUT2D eigenvalue weighted by molar-refractivity contribution is 7.13. The van der Waals surface area contributed by atoms with E-state index in [0.717, 1.165) is 49.5 Å². The van der Waals surface area contributed by atoms with Crippen molar-refractivity contribution < 1.29 is 4.52 Å². The average molecular weight is 252 g/mol. The highest BCUT2D eigenvalue weighted by Gasteiger charge is 2.06. The summed E-state index contributed by atoms with van der Waals surface area (Å²) in [6, 6.07) is 0. The molecule has 0 aliphatic rings. The number of hydrogen-bond acceptors (Lipinski definition) is 6. The second-order valence-corrected chi connectivity index (χ2v) is 4.77. The molecule has 0 radical (unpaired) electrons. The molecule has 0 aliphatic carbocycles. The van der Waals surface area contributed by atoms with E-state index in [1.54, 1.807) is 0 Å². The fourth-order valence-electron chi connectivity index (χ4n) is 1.58. The highest BCUT2D eigenvalue weighted by atomic mass is 32.1. The third-order valence-corrected chi connectivity index (χ3v) is 3.10. The summed E-state index contributed by atoms with van der Waals surface area (Å²) in [6.45, 7) is 2.10. The molecule has 0 spiro atoms. The molecule has 0 aromatic carbocycles. The summed E-state index contributed by atoms with van der Waals surface area (Å²) < 4.78 is 5.16. The second kappa shape index (κ2) is 5.77. The minimum absolute atomic E-state index is 0.628. The zero-order valence-electron chi connectivity index (χ0n) is 9.85. The van der Waals surface area contributed by atoms with Gasteiger partial charge in [0.05, 0.1) is 5.69 Å². The van der Waals surface area contributed by atoms with E-state index >= 15 is 0 Å². The average Bonchev–Trinajstić information content (AvgIpc) is 2.89. The van der Waals surface area contributed by atoms with Crippen LogP contribution in [0.2, 0.25) is 0 Å². The van der Waals surface area contributed by atoms with Crippen LogP contribution in [0.5, 0.6) is 0 Å². The van der Waals surface area contributed by atoms with E-state index in [-0.39, 0.29) is 0 Å². The summed E-state index contributed by atoms with van der Waals surface area (Å²) in [7, 11) is 0. The predicted octanol–water partition coefficient (Wildman–Crippen LogP) is 2.24. The summed E-state index contributed by atoms with van der Waals surface area (Å²) in [5.41, 5.74) is 6.61. The van der Waals surface area contributed by atoms with E-state index in [1.165, 1.54) is 11.3 Å². The molecule has 0 saturated carbocycles. The van der Waals surface area contributed by atoms with Gasteiger partial charge in [-0.25, -0.2) is 4.98 Å². The van der Waals surface area contributed by atoms with Crippen LogP contribution in [0.3, 0.4) is 0 Å². The van der Waals surface area contributed by atoms with Crippen molar-refractivity contribution in [2.75, 3.05) is 5.73 Å². The van der Waals surface area contributed by atoms with Crippen LogP contribution in [0, 0.1) is 0 Å². The Labute approximate surface area is 104 Å². The third kappa shape index (κ3) is 3.52. The molecule has 2 heterocycles. The van der Waals surface area contributed by atoms with Gasteiger partial charge < -0.3 is 10.3 Å². The Morgan fingerprint density at radius 3 is 2.88 bits per heavy atom. The minimum Gasteiger partial charge on any atom is -0.375 e. The van der Waals surface area contributed by atoms with Crippen molar-refractivity contribution in [1.82, 2.24) is 15.1 Å². The lowest BCUT2D eigenvalue weighted by Gasteiger charge is -1.93. The molecule has 0 aliphatic heterocycles. The van der Waals surface area contributed by atoms with Crippen LogP contribution in [-0.2, 0) is 19.3 Å². The molecular formula is C11H16N4OS. The Bertz CT molecular complexity index is 465. The molecule has 0 unspecified atom stereocenters. The number of nitrogens with zero attached hydrogens (tertiary/aromatic N) is 3. The highest BCUT2D eigenvalue weighted by Crippen LogP contribution is 2.13. The van der Waals surface area contributed by atoms with Crippen LogP contribution in [0.1, 0.15) is 37.2 Å². The lowest BCUT2D eigenvalue weighted by molar-refractivity contribution is 0.370. The molecule has 6 heteroatoms. The summed E-state index contributed by atoms with van der Waals surface area (Å²) in [5.74, 6) is 1.53. The van der Waals surface area contributed by atoms with Crippen molar-refractivity contribution in [3.8, 4) is 0 Å². The Hall–Kier alpha value is -1.43. The predicted molar refractivity (Wildman–Crippen MR) is 66.8 cm³/mol. The van der Waals surface area contributed by atoms with Gasteiger partial charge in [-0.1, -0.05) is 12.1 Å². The van der Waals surface area contributed by atoms with E-state index < -0.39 is 0 Å². The first-order valence-electron chi connectivity index (χ1n) is 5.79. The number of hydrogen-bond donors (Lipinski definition) is 1. The molecule has 2 aromatic rings. The van der Waals surface area contributed by atoms with Gasteiger partial charge in [-0.15, -0.1) is 11.3 Å². The van der Waals surface area contributed by atoms with Crippen molar-refractivity contribution in [3.63, 3.8) is 0 Å². The topological polar surface area (TPSA) is 77.8 Å². The van der Waals surface area contributed by atoms with Gasteiger partial charge in [0.2, 0.25) is 5.89 Å². The lowest BCUT2D eigenvalue weighted by Crippen LogP contribution is -1.92. The zero-order valence-corrected chi connectivity index (χ0v) is 10.7. The van der Waals surface area contributed by atoms with Crippen LogP contribution >= 0.6 is 11.3 Å². The molecule has 0 amide bonds. The SMILES string of the molecule is CCCc1noc(CCCc2csc(N)n2)n1. The molecule has 17 heavy (non-hydrogen) atoms. The molecule has 5 nitrogen and oxygen atoms in total. The molecule has 0 bridgehead atoms. The van der Waals surface area contributed by atoms with Crippen LogP contribution in [0.15, 0.2) is 9.90 Å². The molecule has 2 aromatic heterocycles. The van der Waals surface area contributed by atoms with Gasteiger partial charge in [0.25, 0.3) is 0 Å². The van der Waals surface area contributed by atoms with Crippen LogP contribution < -0.4 is 5.73 Å². The monoisotopic (exact) mass is 252 g/mol. The van der Waals surface area contributed by atoms with Gasteiger partial charge in [-0.2, -0.15) is 4.98 Å². The summed E-state index contributed by atoms with van der Waals surface area (Å²) in [4.78, 5) is 8.52. The van der Waals surface area contributed by atoms with Gasteiger partial charge >= 0.3 is 0 Å². The number of nitrogen functional groups attached to an aromatic ring is 1. The van der Waals surface area contributed by atoms with Crippen molar-refractivity contribution in [1.29, 1.82) is 0 Å². The Morgan fingerprint density at radius 1 is 1.29 bits per heavy atom. The quantitative estimate of drug-likeness (QED) is 0.853. The number of aromatic nitrogens is 3. The largest absolute Gasteiger partial charge is 0.375 e. The standard InChI is InChI=1S/C11H16N4OS/c1-2-4-9-14-10(16-15-9)6-3-5-8-7-17-11(12)13-8/h7H,2-6H2,1H3,(H2,12,13). The fourth-order valence-corrected chi connectivity index (χ4v) is 2.17. The van der Waals surface area contributed by atoms with Crippen LogP contribution in [0.4, 0.5) is 5.13 Å². The van der Waals surface area contributed by atoms with Gasteiger partial charge in [0, 0.05) is 18.2 Å². The number of nitrogens with two attached hydrogens (primary N) is 1. The van der Waals surface area contributed by atoms with Gasteiger partial charge in [0.15, 0.2) is 11.0 Å². The van der Waals surface area contributed by atoms with E-state index in [4.69, 9.17) is 10.3 Å². The molecule has 2 rings (SSSR count). The van der Waals surface area contributed by atoms with Crippen molar-refractivity contribution >= 4 is 16.5 Å². The Kier molecular flexibility index (Phi) is 4.08. The van der Waals surface area contributed by atoms with Crippen molar-refractivity contribution in [2.24, 2.45) is 0 Å². The molecule has 92 valence electrons. The number of aryl methyl sites for hydroxylation is 3. The summed E-state index contributed by atoms with van der Waals surface area (Å²) in [5, 5.41) is 6.54. The number of thiazole rings is 1. The molecule has 0 saturated heterocycles. The number of rotatable bonds is 6. The van der Waals surface area contributed by atoms with Gasteiger partial charge in [0.1, 0.15) is 0 Å². The number of anilines is 1. The molecule has 0 atom stereocenters.